The summed E-state index contributed by atoms with van der Waals surface area (Å²) >= 11 is 0. The summed E-state index contributed by atoms with van der Waals surface area (Å²) in [5.41, 5.74) is 0. The van der Waals surface area contributed by atoms with Crippen molar-refractivity contribution in [2.24, 2.45) is 0 Å². The first kappa shape index (κ1) is 19.7. The number of carboxylic acid groups (broad SMARTS) is 2. The molecule has 0 aromatic rings. The van der Waals surface area contributed by atoms with E-state index in [1.807, 2.05) is 0 Å². The number of carbonyl (C=O) groups is 2. The van der Waals surface area contributed by atoms with Crippen LogP contribution in [0.15, 0.2) is 0 Å². The van der Waals surface area contributed by atoms with Crippen molar-refractivity contribution < 1.29 is 127 Å². The molecule has 0 N–H and O–H groups in total. The summed E-state index contributed by atoms with van der Waals surface area (Å²) in [4.78, 5) is 19.7. The minimum absolute atomic E-state index is 0. The first-order valence-corrected chi connectivity index (χ1v) is 2.51. The van der Waals surface area contributed by atoms with Crippen LogP contribution >= 0.6 is 0 Å². The Hall–Kier alpha value is 2.17. The quantitative estimate of drug-likeness (QED) is 0.442. The summed E-state index contributed by atoms with van der Waals surface area (Å²) in [7, 11) is 1.09. The number of ether oxygens (including phenoxy) is 1. The van der Waals surface area contributed by atoms with Crippen LogP contribution in [0, 0.1) is 0 Å². The van der Waals surface area contributed by atoms with E-state index in [0.29, 0.717) is 0 Å². The molecule has 0 aliphatic heterocycles. The van der Waals surface area contributed by atoms with Crippen LogP contribution in [0.5, 0.6) is 0 Å². The zero-order valence-corrected chi connectivity index (χ0v) is 13.6. The van der Waals surface area contributed by atoms with Crippen molar-refractivity contribution in [2.45, 2.75) is 12.5 Å². The molecule has 0 spiro atoms. The molecule has 0 saturated heterocycles. The molecule has 0 fully saturated rings. The van der Waals surface area contributed by atoms with E-state index in [9.17, 15) is 19.8 Å². The Labute approximate surface area is 155 Å². The number of carboxylic acids is 2. The van der Waals surface area contributed by atoms with Crippen LogP contribution in [0.25, 0.3) is 0 Å². The number of rotatable bonds is 4. The average molecular weight is 224 g/mol. The second-order valence-corrected chi connectivity index (χ2v) is 1.62. The van der Waals surface area contributed by atoms with Gasteiger partial charge in [0.05, 0.1) is 5.97 Å². The molecule has 0 aromatic carbocycles. The van der Waals surface area contributed by atoms with Crippen molar-refractivity contribution in [3.63, 3.8) is 0 Å². The van der Waals surface area contributed by atoms with E-state index < -0.39 is 24.5 Å². The Balaban J connectivity index is -0.000000405. The molecule has 0 aliphatic rings. The molecule has 5 nitrogen and oxygen atoms in total. The monoisotopic (exact) mass is 224 g/mol. The fourth-order valence-electron chi connectivity index (χ4n) is 0.414. The molecule has 0 radical (unpaired) electrons. The molecule has 0 heterocycles. The molecule has 0 bridgehead atoms. The Morgan fingerprint density at radius 1 is 1.33 bits per heavy atom. The molecule has 7 heteroatoms. The molecule has 58 valence electrons. The molecule has 0 aromatic heterocycles. The van der Waals surface area contributed by atoms with E-state index in [-0.39, 0.29) is 103 Å². The topological polar surface area (TPSA) is 89.5 Å². The zero-order valence-electron chi connectivity index (χ0n) is 7.33. The Morgan fingerprint density at radius 3 is 1.83 bits per heavy atom. The minimum Gasteiger partial charge on any atom is -0.550 e. The van der Waals surface area contributed by atoms with Crippen molar-refractivity contribution in [2.75, 3.05) is 7.11 Å². The van der Waals surface area contributed by atoms with Crippen molar-refractivity contribution in [1.29, 1.82) is 0 Å². The van der Waals surface area contributed by atoms with Gasteiger partial charge in [0.2, 0.25) is 0 Å². The van der Waals surface area contributed by atoms with Crippen molar-refractivity contribution >= 4 is 11.9 Å². The maximum absolute atomic E-state index is 9.94. The average Bonchev–Trinajstić information content (AvgIpc) is 1.81. The smallest absolute Gasteiger partial charge is 0.550 e. The Morgan fingerprint density at radius 2 is 1.75 bits per heavy atom. The third-order valence-electron chi connectivity index (χ3n) is 0.899. The van der Waals surface area contributed by atoms with Crippen molar-refractivity contribution in [3.8, 4) is 0 Å². The van der Waals surface area contributed by atoms with E-state index in [4.69, 9.17) is 0 Å². The van der Waals surface area contributed by atoms with Gasteiger partial charge in [0.15, 0.2) is 0 Å². The Kier molecular flexibility index (Phi) is 18.5. The largest absolute Gasteiger partial charge is 1.00 e. The van der Waals surface area contributed by atoms with E-state index in [2.05, 4.69) is 4.74 Å². The van der Waals surface area contributed by atoms with Crippen molar-refractivity contribution in [1.82, 2.24) is 0 Å². The second-order valence-electron chi connectivity index (χ2n) is 1.62. The number of carbonyl (C=O) groups excluding carboxylic acids is 2. The van der Waals surface area contributed by atoms with Gasteiger partial charge in [0.25, 0.3) is 0 Å². The van der Waals surface area contributed by atoms with Gasteiger partial charge < -0.3 is 24.5 Å². The van der Waals surface area contributed by atoms with Crippen LogP contribution in [0.3, 0.4) is 0 Å². The standard InChI is InChI=1S/C5H8O5.2K/c1-10-3(5(8)9)2-4(6)7;;/h3H,2H2,1H3,(H,6,7)(H,8,9);;/q;2*+1/p-2/t3-;;/m0../s1. The summed E-state index contributed by atoms with van der Waals surface area (Å²) in [6, 6.07) is 0. The number of aliphatic carboxylic acids is 2. The number of hydrogen-bond donors (Lipinski definition) is 0. The maximum atomic E-state index is 9.94. The van der Waals surface area contributed by atoms with E-state index in [1.54, 1.807) is 0 Å². The van der Waals surface area contributed by atoms with Crippen LogP contribution in [-0.4, -0.2) is 25.2 Å². The molecule has 1 atom stereocenters. The summed E-state index contributed by atoms with van der Waals surface area (Å²) < 4.78 is 4.24. The summed E-state index contributed by atoms with van der Waals surface area (Å²) in [6.45, 7) is 0. The van der Waals surface area contributed by atoms with Gasteiger partial charge in [-0.1, -0.05) is 0 Å². The third-order valence-corrected chi connectivity index (χ3v) is 0.899. The molecule has 0 rings (SSSR count). The zero-order chi connectivity index (χ0) is 8.15. The number of methoxy groups -OCH3 is 1. The van der Waals surface area contributed by atoms with E-state index in [1.165, 1.54) is 0 Å². The summed E-state index contributed by atoms with van der Waals surface area (Å²) in [6.07, 6.45) is -2.09. The van der Waals surface area contributed by atoms with Gasteiger partial charge >= 0.3 is 103 Å². The predicted octanol–water partition coefficient (Wildman–Crippen LogP) is -9.10. The number of hydrogen-bond acceptors (Lipinski definition) is 5. The molecule has 12 heavy (non-hydrogen) atoms. The Bertz CT molecular complexity index is 149. The van der Waals surface area contributed by atoms with Gasteiger partial charge in [-0.3, -0.25) is 0 Å². The fraction of sp³-hybridized carbons (Fsp3) is 0.600. The SMILES string of the molecule is CO[C@@H](CC(=O)[O-])C(=O)[O-].[K+].[K+]. The summed E-state index contributed by atoms with van der Waals surface area (Å²) in [5, 5.41) is 19.7. The first-order valence-electron chi connectivity index (χ1n) is 2.51. The van der Waals surface area contributed by atoms with Crippen LogP contribution in [0.4, 0.5) is 0 Å². The summed E-state index contributed by atoms with van der Waals surface area (Å²) in [5.74, 6) is -3.03. The van der Waals surface area contributed by atoms with Crippen molar-refractivity contribution in [3.05, 3.63) is 0 Å². The molecule has 0 saturated carbocycles. The van der Waals surface area contributed by atoms with E-state index >= 15 is 0 Å². The van der Waals surface area contributed by atoms with Gasteiger partial charge in [-0.05, 0) is 0 Å². The first-order chi connectivity index (χ1) is 4.57. The van der Waals surface area contributed by atoms with Crippen LogP contribution in [-0.2, 0) is 14.3 Å². The molecule has 0 aliphatic carbocycles. The van der Waals surface area contributed by atoms with Crippen LogP contribution in [0.1, 0.15) is 6.42 Å². The van der Waals surface area contributed by atoms with Gasteiger partial charge in [-0.25, -0.2) is 0 Å². The maximum Gasteiger partial charge on any atom is 1.00 e. The van der Waals surface area contributed by atoms with Gasteiger partial charge in [0, 0.05) is 19.5 Å². The molecular formula is C5H6K2O5. The molecule has 0 amide bonds. The van der Waals surface area contributed by atoms with Gasteiger partial charge in [-0.15, -0.1) is 0 Å². The third kappa shape index (κ3) is 10.3. The van der Waals surface area contributed by atoms with Gasteiger partial charge in [0.1, 0.15) is 6.10 Å². The second kappa shape index (κ2) is 11.2. The van der Waals surface area contributed by atoms with E-state index in [0.717, 1.165) is 7.11 Å². The normalized spacial score (nSPS) is 10.4. The van der Waals surface area contributed by atoms with Crippen LogP contribution in [0.2, 0.25) is 0 Å². The molecular weight excluding hydrogens is 218 g/mol. The minimum atomic E-state index is -1.55. The fourth-order valence-corrected chi connectivity index (χ4v) is 0.414. The van der Waals surface area contributed by atoms with Gasteiger partial charge in [-0.2, -0.15) is 0 Å². The molecule has 0 unspecified atom stereocenters. The predicted molar refractivity (Wildman–Crippen MR) is 25.4 cm³/mol. The van der Waals surface area contributed by atoms with Crippen LogP contribution < -0.4 is 113 Å².